The minimum absolute atomic E-state index is 0.143. The van der Waals surface area contributed by atoms with Gasteiger partial charge in [0.25, 0.3) is 0 Å². The number of hydrogen-bond donors (Lipinski definition) is 3. The molecule has 4 nitrogen and oxygen atoms in total. The van der Waals surface area contributed by atoms with Crippen molar-refractivity contribution in [2.24, 2.45) is 0 Å². The molecule has 1 rings (SSSR count). The van der Waals surface area contributed by atoms with Gasteiger partial charge in [-0.2, -0.15) is 0 Å². The summed E-state index contributed by atoms with van der Waals surface area (Å²) in [7, 11) is 4.05. The maximum absolute atomic E-state index is 9.35. The summed E-state index contributed by atoms with van der Waals surface area (Å²) in [6.07, 6.45) is 4.18. The number of hydrogen-bond acceptors (Lipinski definition) is 4. The normalized spacial score (nSPS) is 29.4. The van der Waals surface area contributed by atoms with E-state index < -0.39 is 6.10 Å². The van der Waals surface area contributed by atoms with Crippen LogP contribution in [-0.4, -0.2) is 60.5 Å². The SMILES string of the molecule is CNC1CCC(N(C)CC(O)CO)CC1. The Morgan fingerprint density at radius 1 is 1.33 bits per heavy atom. The van der Waals surface area contributed by atoms with Gasteiger partial charge in [0.15, 0.2) is 0 Å². The molecule has 0 aliphatic heterocycles. The lowest BCUT2D eigenvalue weighted by atomic mass is 9.90. The van der Waals surface area contributed by atoms with E-state index in [0.717, 1.165) is 0 Å². The van der Waals surface area contributed by atoms with Gasteiger partial charge in [-0.1, -0.05) is 0 Å². The van der Waals surface area contributed by atoms with E-state index in [-0.39, 0.29) is 6.61 Å². The molecular formula is C11H24N2O2. The molecule has 0 bridgehead atoms. The van der Waals surface area contributed by atoms with Crippen molar-refractivity contribution in [3.8, 4) is 0 Å². The molecule has 1 unspecified atom stereocenters. The number of aliphatic hydroxyl groups excluding tert-OH is 2. The molecule has 0 spiro atoms. The Balaban J connectivity index is 2.26. The monoisotopic (exact) mass is 216 g/mol. The predicted molar refractivity (Wildman–Crippen MR) is 60.8 cm³/mol. The molecule has 1 aliphatic carbocycles. The van der Waals surface area contributed by atoms with Crippen LogP contribution in [0.3, 0.4) is 0 Å². The van der Waals surface area contributed by atoms with Crippen LogP contribution in [0.15, 0.2) is 0 Å². The number of nitrogens with zero attached hydrogens (tertiary/aromatic N) is 1. The highest BCUT2D eigenvalue weighted by atomic mass is 16.3. The second-order valence-electron chi connectivity index (χ2n) is 4.57. The molecule has 4 heteroatoms. The lowest BCUT2D eigenvalue weighted by molar-refractivity contribution is 0.0467. The molecule has 1 atom stereocenters. The van der Waals surface area contributed by atoms with Crippen molar-refractivity contribution in [1.29, 1.82) is 0 Å². The molecule has 90 valence electrons. The Kier molecular flexibility index (Phi) is 5.53. The average molecular weight is 216 g/mol. The Hall–Kier alpha value is -0.160. The van der Waals surface area contributed by atoms with Crippen molar-refractivity contribution < 1.29 is 10.2 Å². The van der Waals surface area contributed by atoms with Crippen molar-refractivity contribution >= 4 is 0 Å². The molecule has 0 saturated heterocycles. The first kappa shape index (κ1) is 12.9. The Labute approximate surface area is 92.3 Å². The van der Waals surface area contributed by atoms with Gasteiger partial charge in [-0.25, -0.2) is 0 Å². The highest BCUT2D eigenvalue weighted by molar-refractivity contribution is 4.81. The third kappa shape index (κ3) is 4.07. The molecule has 0 amide bonds. The lowest BCUT2D eigenvalue weighted by Crippen LogP contribution is -2.43. The first-order valence-corrected chi connectivity index (χ1v) is 5.83. The zero-order valence-corrected chi connectivity index (χ0v) is 9.82. The first-order valence-electron chi connectivity index (χ1n) is 5.83. The molecule has 0 radical (unpaired) electrons. The maximum atomic E-state index is 9.35. The number of aliphatic hydroxyl groups is 2. The molecule has 0 aromatic carbocycles. The summed E-state index contributed by atoms with van der Waals surface area (Å²) >= 11 is 0. The summed E-state index contributed by atoms with van der Waals surface area (Å²) in [6, 6.07) is 1.23. The van der Waals surface area contributed by atoms with Crippen LogP contribution in [0.1, 0.15) is 25.7 Å². The molecular weight excluding hydrogens is 192 g/mol. The van der Waals surface area contributed by atoms with Crippen LogP contribution in [0.5, 0.6) is 0 Å². The topological polar surface area (TPSA) is 55.7 Å². The van der Waals surface area contributed by atoms with Crippen molar-refractivity contribution in [3.63, 3.8) is 0 Å². The second-order valence-corrected chi connectivity index (χ2v) is 4.57. The summed E-state index contributed by atoms with van der Waals surface area (Å²) in [5.74, 6) is 0. The van der Waals surface area contributed by atoms with Gasteiger partial charge in [-0.15, -0.1) is 0 Å². The van der Waals surface area contributed by atoms with Gasteiger partial charge in [0.1, 0.15) is 0 Å². The van der Waals surface area contributed by atoms with E-state index in [1.165, 1.54) is 25.7 Å². The van der Waals surface area contributed by atoms with Crippen molar-refractivity contribution in [1.82, 2.24) is 10.2 Å². The van der Waals surface area contributed by atoms with Crippen molar-refractivity contribution in [2.45, 2.75) is 43.9 Å². The Morgan fingerprint density at radius 3 is 2.40 bits per heavy atom. The van der Waals surface area contributed by atoms with Gasteiger partial charge < -0.3 is 20.4 Å². The smallest absolute Gasteiger partial charge is 0.0897 e. The molecule has 1 aliphatic rings. The minimum Gasteiger partial charge on any atom is -0.394 e. The molecule has 0 heterocycles. The van der Waals surface area contributed by atoms with Crippen LogP contribution in [0, 0.1) is 0 Å². The Morgan fingerprint density at radius 2 is 1.93 bits per heavy atom. The van der Waals surface area contributed by atoms with Crippen LogP contribution in [0.2, 0.25) is 0 Å². The zero-order chi connectivity index (χ0) is 11.3. The van der Waals surface area contributed by atoms with Gasteiger partial charge in [0.2, 0.25) is 0 Å². The fraction of sp³-hybridized carbons (Fsp3) is 1.00. The predicted octanol–water partition coefficient (Wildman–Crippen LogP) is -0.198. The molecule has 0 aromatic rings. The lowest BCUT2D eigenvalue weighted by Gasteiger charge is -2.35. The Bertz CT molecular complexity index is 170. The number of nitrogens with one attached hydrogen (secondary N) is 1. The number of likely N-dealkylation sites (N-methyl/N-ethyl adjacent to an activating group) is 1. The van der Waals surface area contributed by atoms with Crippen LogP contribution in [0.25, 0.3) is 0 Å². The molecule has 15 heavy (non-hydrogen) atoms. The fourth-order valence-corrected chi connectivity index (χ4v) is 2.34. The van der Waals surface area contributed by atoms with Gasteiger partial charge in [-0.3, -0.25) is 0 Å². The van der Waals surface area contributed by atoms with E-state index in [2.05, 4.69) is 10.2 Å². The van der Waals surface area contributed by atoms with E-state index >= 15 is 0 Å². The van der Waals surface area contributed by atoms with E-state index in [1.54, 1.807) is 0 Å². The summed E-state index contributed by atoms with van der Waals surface area (Å²) in [5, 5.41) is 21.4. The van der Waals surface area contributed by atoms with Crippen LogP contribution in [-0.2, 0) is 0 Å². The van der Waals surface area contributed by atoms with E-state index in [9.17, 15) is 5.11 Å². The van der Waals surface area contributed by atoms with Gasteiger partial charge >= 0.3 is 0 Å². The van der Waals surface area contributed by atoms with Crippen LogP contribution < -0.4 is 5.32 Å². The molecule has 1 fully saturated rings. The largest absolute Gasteiger partial charge is 0.394 e. The quantitative estimate of drug-likeness (QED) is 0.596. The van der Waals surface area contributed by atoms with Gasteiger partial charge in [0, 0.05) is 18.6 Å². The minimum atomic E-state index is -0.600. The first-order chi connectivity index (χ1) is 7.17. The molecule has 3 N–H and O–H groups in total. The highest BCUT2D eigenvalue weighted by Gasteiger charge is 2.23. The third-order valence-corrected chi connectivity index (χ3v) is 3.44. The zero-order valence-electron chi connectivity index (χ0n) is 9.82. The van der Waals surface area contributed by atoms with E-state index in [0.29, 0.717) is 18.6 Å². The van der Waals surface area contributed by atoms with E-state index in [1.807, 2.05) is 14.1 Å². The highest BCUT2D eigenvalue weighted by Crippen LogP contribution is 2.22. The molecule has 1 saturated carbocycles. The van der Waals surface area contributed by atoms with Crippen LogP contribution in [0.4, 0.5) is 0 Å². The standard InChI is InChI=1S/C11H24N2O2/c1-12-9-3-5-10(6-4-9)13(2)7-11(15)8-14/h9-12,14-15H,3-8H2,1-2H3. The average Bonchev–Trinajstić information content (AvgIpc) is 2.29. The third-order valence-electron chi connectivity index (χ3n) is 3.44. The van der Waals surface area contributed by atoms with Gasteiger partial charge in [0.05, 0.1) is 12.7 Å². The van der Waals surface area contributed by atoms with E-state index in [4.69, 9.17) is 5.11 Å². The van der Waals surface area contributed by atoms with Crippen LogP contribution >= 0.6 is 0 Å². The summed E-state index contributed by atoms with van der Waals surface area (Å²) < 4.78 is 0. The second kappa shape index (κ2) is 6.43. The number of rotatable bonds is 5. The fourth-order valence-electron chi connectivity index (χ4n) is 2.34. The van der Waals surface area contributed by atoms with Gasteiger partial charge in [-0.05, 0) is 39.8 Å². The van der Waals surface area contributed by atoms with Crippen molar-refractivity contribution in [3.05, 3.63) is 0 Å². The summed E-state index contributed by atoms with van der Waals surface area (Å²) in [6.45, 7) is 0.432. The summed E-state index contributed by atoms with van der Waals surface area (Å²) in [5.41, 5.74) is 0. The maximum Gasteiger partial charge on any atom is 0.0897 e. The van der Waals surface area contributed by atoms with Crippen molar-refractivity contribution in [2.75, 3.05) is 27.2 Å². The molecule has 0 aromatic heterocycles. The summed E-state index contributed by atoms with van der Waals surface area (Å²) in [4.78, 5) is 2.17.